The van der Waals surface area contributed by atoms with E-state index in [0.717, 1.165) is 56.1 Å². The van der Waals surface area contributed by atoms with E-state index in [1.807, 2.05) is 4.90 Å². The second kappa shape index (κ2) is 9.70. The van der Waals surface area contributed by atoms with Crippen LogP contribution >= 0.6 is 0 Å². The highest BCUT2D eigenvalue weighted by Gasteiger charge is 2.36. The second-order valence-corrected chi connectivity index (χ2v) is 9.79. The zero-order valence-corrected chi connectivity index (χ0v) is 19.4. The van der Waals surface area contributed by atoms with E-state index in [-0.39, 0.29) is 5.91 Å². The van der Waals surface area contributed by atoms with E-state index in [4.69, 9.17) is 9.97 Å². The number of rotatable bonds is 6. The number of aromatic nitrogens is 2. The predicted octanol–water partition coefficient (Wildman–Crippen LogP) is 5.17. The van der Waals surface area contributed by atoms with Gasteiger partial charge in [0.2, 0.25) is 5.91 Å². The fraction of sp³-hybridized carbons (Fsp3) is 0.593. The zero-order chi connectivity index (χ0) is 21.9. The second-order valence-electron chi connectivity index (χ2n) is 9.79. The van der Waals surface area contributed by atoms with Crippen molar-refractivity contribution >= 4 is 11.7 Å². The quantitative estimate of drug-likeness (QED) is 0.632. The molecule has 5 rings (SSSR count). The highest BCUT2D eigenvalue weighted by molar-refractivity contribution is 5.95. The van der Waals surface area contributed by atoms with Gasteiger partial charge in [-0.25, -0.2) is 9.97 Å². The van der Waals surface area contributed by atoms with Crippen LogP contribution in [0, 0.1) is 6.92 Å². The molecule has 0 radical (unpaired) electrons. The number of carbonyl (C=O) groups excluding carboxylic acids is 1. The van der Waals surface area contributed by atoms with Gasteiger partial charge in [-0.2, -0.15) is 0 Å². The van der Waals surface area contributed by atoms with Gasteiger partial charge in [0, 0.05) is 30.3 Å². The summed E-state index contributed by atoms with van der Waals surface area (Å²) in [5.41, 5.74) is 3.57. The molecule has 1 saturated carbocycles. The molecule has 1 atom stereocenters. The monoisotopic (exact) mass is 432 g/mol. The number of nitrogens with zero attached hydrogens (tertiary/aromatic N) is 4. The third-order valence-corrected chi connectivity index (χ3v) is 7.68. The molecule has 3 heterocycles. The Balaban J connectivity index is 1.37. The number of benzene rings is 1. The maximum absolute atomic E-state index is 12.9. The Hall–Kier alpha value is -2.27. The van der Waals surface area contributed by atoms with E-state index in [1.165, 1.54) is 49.7 Å². The first kappa shape index (κ1) is 21.6. The van der Waals surface area contributed by atoms with Crippen LogP contribution in [0.3, 0.4) is 0 Å². The van der Waals surface area contributed by atoms with E-state index < -0.39 is 0 Å². The molecular weight excluding hydrogens is 396 g/mol. The summed E-state index contributed by atoms with van der Waals surface area (Å²) in [5, 5.41) is 0. The summed E-state index contributed by atoms with van der Waals surface area (Å²) in [6.07, 6.45) is 12.3. The lowest BCUT2D eigenvalue weighted by molar-refractivity contribution is -0.119. The van der Waals surface area contributed by atoms with Gasteiger partial charge in [0.1, 0.15) is 11.6 Å². The summed E-state index contributed by atoms with van der Waals surface area (Å²) in [4.78, 5) is 27.7. The Morgan fingerprint density at radius 2 is 1.78 bits per heavy atom. The first-order chi connectivity index (χ1) is 15.7. The molecule has 1 aliphatic carbocycles. The van der Waals surface area contributed by atoms with E-state index in [1.54, 1.807) is 0 Å². The van der Waals surface area contributed by atoms with Crippen LogP contribution in [0.2, 0.25) is 0 Å². The standard InChI is InChI=1S/C27H36N4O/c1-20-23-16-17-25(32)31(19-8-12-21-10-4-2-5-11-21)27(23)29-26(28-20)24-15-9-18-30(24)22-13-6-3-7-14-22/h2,4-5,10-11,22,24H,3,6-9,12-19H2,1H3/t24-/m1/s1. The van der Waals surface area contributed by atoms with Gasteiger partial charge in [0.05, 0.1) is 6.04 Å². The third kappa shape index (κ3) is 4.45. The maximum Gasteiger partial charge on any atom is 0.228 e. The number of hydrogen-bond acceptors (Lipinski definition) is 4. The number of anilines is 1. The lowest BCUT2D eigenvalue weighted by Gasteiger charge is -2.36. The molecule has 1 aromatic carbocycles. The van der Waals surface area contributed by atoms with Crippen LogP contribution in [0.4, 0.5) is 5.82 Å². The molecule has 3 aliphatic rings. The summed E-state index contributed by atoms with van der Waals surface area (Å²) in [7, 11) is 0. The molecule has 5 heteroatoms. The molecule has 2 aromatic rings. The number of amides is 1. The highest BCUT2D eigenvalue weighted by Crippen LogP contribution is 2.38. The van der Waals surface area contributed by atoms with Gasteiger partial charge in [0.25, 0.3) is 0 Å². The zero-order valence-electron chi connectivity index (χ0n) is 19.4. The Labute approximate surface area is 192 Å². The van der Waals surface area contributed by atoms with Gasteiger partial charge < -0.3 is 0 Å². The largest absolute Gasteiger partial charge is 0.296 e. The molecule has 32 heavy (non-hydrogen) atoms. The summed E-state index contributed by atoms with van der Waals surface area (Å²) in [6.45, 7) is 4.00. The lowest BCUT2D eigenvalue weighted by Crippen LogP contribution is -2.39. The molecule has 1 aromatic heterocycles. The minimum Gasteiger partial charge on any atom is -0.296 e. The average molecular weight is 433 g/mol. The molecule has 170 valence electrons. The molecule has 5 nitrogen and oxygen atoms in total. The normalized spacial score (nSPS) is 22.3. The first-order valence-electron chi connectivity index (χ1n) is 12.7. The van der Waals surface area contributed by atoms with E-state index >= 15 is 0 Å². The smallest absolute Gasteiger partial charge is 0.228 e. The van der Waals surface area contributed by atoms with Crippen LogP contribution in [-0.2, 0) is 17.6 Å². The van der Waals surface area contributed by atoms with Crippen molar-refractivity contribution in [2.75, 3.05) is 18.0 Å². The van der Waals surface area contributed by atoms with Gasteiger partial charge in [-0.05, 0) is 64.0 Å². The molecular formula is C27H36N4O. The van der Waals surface area contributed by atoms with Crippen molar-refractivity contribution in [1.29, 1.82) is 0 Å². The topological polar surface area (TPSA) is 49.3 Å². The van der Waals surface area contributed by atoms with Gasteiger partial charge in [-0.1, -0.05) is 49.6 Å². The highest BCUT2D eigenvalue weighted by atomic mass is 16.2. The SMILES string of the molecule is Cc1nc([C@H]2CCCN2C2CCCCC2)nc2c1CCC(=O)N2CCCc1ccccc1. The van der Waals surface area contributed by atoms with Crippen molar-refractivity contribution in [2.24, 2.45) is 0 Å². The summed E-state index contributed by atoms with van der Waals surface area (Å²) in [5.74, 6) is 2.06. The van der Waals surface area contributed by atoms with Crippen LogP contribution in [0.5, 0.6) is 0 Å². The first-order valence-corrected chi connectivity index (χ1v) is 12.7. The fourth-order valence-electron chi connectivity index (χ4n) is 5.98. The minimum atomic E-state index is 0.213. The Morgan fingerprint density at radius 3 is 2.59 bits per heavy atom. The van der Waals surface area contributed by atoms with Crippen molar-refractivity contribution < 1.29 is 4.79 Å². The van der Waals surface area contributed by atoms with Crippen LogP contribution in [0.15, 0.2) is 30.3 Å². The minimum absolute atomic E-state index is 0.213. The van der Waals surface area contributed by atoms with Gasteiger partial charge in [-0.3, -0.25) is 14.6 Å². The number of carbonyl (C=O) groups is 1. The molecule has 1 amide bonds. The molecule has 1 saturated heterocycles. The lowest BCUT2D eigenvalue weighted by atomic mass is 9.93. The van der Waals surface area contributed by atoms with E-state index in [2.05, 4.69) is 42.2 Å². The predicted molar refractivity (Wildman–Crippen MR) is 128 cm³/mol. The van der Waals surface area contributed by atoms with Gasteiger partial charge in [0.15, 0.2) is 0 Å². The Morgan fingerprint density at radius 1 is 0.969 bits per heavy atom. The summed E-state index contributed by atoms with van der Waals surface area (Å²) < 4.78 is 0. The molecule has 0 N–H and O–H groups in total. The summed E-state index contributed by atoms with van der Waals surface area (Å²) >= 11 is 0. The van der Waals surface area contributed by atoms with E-state index in [0.29, 0.717) is 18.5 Å². The molecule has 2 fully saturated rings. The summed E-state index contributed by atoms with van der Waals surface area (Å²) in [6, 6.07) is 11.5. The molecule has 2 aliphatic heterocycles. The van der Waals surface area contributed by atoms with Crippen LogP contribution in [0.25, 0.3) is 0 Å². The van der Waals surface area contributed by atoms with Crippen molar-refractivity contribution in [3.05, 3.63) is 53.0 Å². The van der Waals surface area contributed by atoms with Crippen molar-refractivity contribution in [2.45, 2.75) is 89.6 Å². The van der Waals surface area contributed by atoms with Gasteiger partial charge >= 0.3 is 0 Å². The molecule has 0 spiro atoms. The van der Waals surface area contributed by atoms with Crippen LogP contribution < -0.4 is 4.90 Å². The third-order valence-electron chi connectivity index (χ3n) is 7.68. The number of likely N-dealkylation sites (tertiary alicyclic amines) is 1. The van der Waals surface area contributed by atoms with Gasteiger partial charge in [-0.15, -0.1) is 0 Å². The maximum atomic E-state index is 12.9. The average Bonchev–Trinajstić information content (AvgIpc) is 3.32. The van der Waals surface area contributed by atoms with Crippen LogP contribution in [0.1, 0.15) is 86.5 Å². The fourth-order valence-corrected chi connectivity index (χ4v) is 5.98. The van der Waals surface area contributed by atoms with Crippen molar-refractivity contribution in [3.8, 4) is 0 Å². The number of aryl methyl sites for hydroxylation is 2. The van der Waals surface area contributed by atoms with Crippen molar-refractivity contribution in [3.63, 3.8) is 0 Å². The van der Waals surface area contributed by atoms with Crippen molar-refractivity contribution in [1.82, 2.24) is 14.9 Å². The van der Waals surface area contributed by atoms with Crippen LogP contribution in [-0.4, -0.2) is 39.9 Å². The van der Waals surface area contributed by atoms with E-state index in [9.17, 15) is 4.79 Å². The Kier molecular flexibility index (Phi) is 6.54. The molecule has 0 bridgehead atoms. The molecule has 0 unspecified atom stereocenters. The Bertz CT molecular complexity index is 938. The number of fused-ring (bicyclic) bond motifs is 1. The number of hydrogen-bond donors (Lipinski definition) is 0.